The highest BCUT2D eigenvalue weighted by Crippen LogP contribution is 2.22. The van der Waals surface area contributed by atoms with Crippen LogP contribution in [0.3, 0.4) is 0 Å². The number of hydrogen-bond donors (Lipinski definition) is 0. The van der Waals surface area contributed by atoms with Crippen molar-refractivity contribution in [3.8, 4) is 5.75 Å². The minimum absolute atomic E-state index is 0.133. The van der Waals surface area contributed by atoms with Gasteiger partial charge in [0.2, 0.25) is 0 Å². The molecule has 0 saturated carbocycles. The van der Waals surface area contributed by atoms with Crippen molar-refractivity contribution in [2.75, 3.05) is 7.11 Å². The molecule has 0 radical (unpaired) electrons. The highest BCUT2D eigenvalue weighted by molar-refractivity contribution is 6.30. The molecule has 3 rings (SSSR count). The summed E-state index contributed by atoms with van der Waals surface area (Å²) in [6.07, 6.45) is 1.28. The molecule has 0 fully saturated rings. The highest BCUT2D eigenvalue weighted by atomic mass is 35.5. The Morgan fingerprint density at radius 3 is 2.86 bits per heavy atom. The minimum atomic E-state index is -0.187. The zero-order valence-corrected chi connectivity index (χ0v) is 12.9. The third-order valence-electron chi connectivity index (χ3n) is 3.75. The number of methoxy groups -OCH3 is 1. The van der Waals surface area contributed by atoms with E-state index < -0.39 is 0 Å². The maximum atomic E-state index is 11.6. The average Bonchev–Trinajstić information content (AvgIpc) is 2.96. The van der Waals surface area contributed by atoms with Crippen LogP contribution in [0.1, 0.15) is 18.1 Å². The first-order valence-electron chi connectivity index (χ1n) is 7.04. The van der Waals surface area contributed by atoms with Gasteiger partial charge in [0.05, 0.1) is 13.0 Å². The van der Waals surface area contributed by atoms with E-state index in [0.717, 1.165) is 23.8 Å². The summed E-state index contributed by atoms with van der Waals surface area (Å²) in [5.41, 5.74) is 0. The molecule has 1 aromatic heterocycles. The Morgan fingerprint density at radius 2 is 2.14 bits per heavy atom. The Hall–Kier alpha value is -2.08. The number of halogens is 1. The number of rotatable bonds is 4. The lowest BCUT2D eigenvalue weighted by Gasteiger charge is -2.21. The number of nitrogens with zero attached hydrogens (tertiary/aromatic N) is 3. The van der Waals surface area contributed by atoms with Crippen LogP contribution in [0.15, 0.2) is 24.3 Å². The summed E-state index contributed by atoms with van der Waals surface area (Å²) in [6.45, 7) is 1.03. The van der Waals surface area contributed by atoms with Gasteiger partial charge < -0.3 is 14.0 Å². The summed E-state index contributed by atoms with van der Waals surface area (Å²) in [5.74, 6) is 1.97. The molecule has 116 valence electrons. The zero-order valence-electron chi connectivity index (χ0n) is 12.2. The molecular weight excluding hydrogens is 306 g/mol. The quantitative estimate of drug-likeness (QED) is 0.808. The summed E-state index contributed by atoms with van der Waals surface area (Å²) < 4.78 is 12.5. The largest absolute Gasteiger partial charge is 0.486 e. The van der Waals surface area contributed by atoms with Gasteiger partial charge in [-0.05, 0) is 30.7 Å². The molecule has 6 nitrogen and oxygen atoms in total. The summed E-state index contributed by atoms with van der Waals surface area (Å²) in [7, 11) is 1.41. The Bertz CT molecular complexity index is 669. The monoisotopic (exact) mass is 321 g/mol. The van der Waals surface area contributed by atoms with E-state index in [1.54, 1.807) is 12.1 Å². The Kier molecular flexibility index (Phi) is 4.29. The minimum Gasteiger partial charge on any atom is -0.486 e. The smallest absolute Gasteiger partial charge is 0.309 e. The van der Waals surface area contributed by atoms with Crippen molar-refractivity contribution >= 4 is 17.6 Å². The second-order valence-corrected chi connectivity index (χ2v) is 5.58. The second kappa shape index (κ2) is 6.36. The van der Waals surface area contributed by atoms with Crippen molar-refractivity contribution in [3.63, 3.8) is 0 Å². The van der Waals surface area contributed by atoms with Gasteiger partial charge in [0.15, 0.2) is 5.82 Å². The zero-order chi connectivity index (χ0) is 15.5. The topological polar surface area (TPSA) is 66.2 Å². The first-order chi connectivity index (χ1) is 10.7. The number of fused-ring (bicyclic) bond motifs is 1. The average molecular weight is 322 g/mol. The molecule has 1 aromatic carbocycles. The lowest BCUT2D eigenvalue weighted by atomic mass is 9.98. The molecule has 22 heavy (non-hydrogen) atoms. The predicted molar refractivity (Wildman–Crippen MR) is 79.6 cm³/mol. The molecule has 1 atom stereocenters. The van der Waals surface area contributed by atoms with Crippen LogP contribution in [0.4, 0.5) is 0 Å². The number of ether oxygens (including phenoxy) is 2. The van der Waals surface area contributed by atoms with Crippen molar-refractivity contribution < 1.29 is 14.3 Å². The molecule has 7 heteroatoms. The summed E-state index contributed by atoms with van der Waals surface area (Å²) >= 11 is 5.84. The first kappa shape index (κ1) is 14.8. The lowest BCUT2D eigenvalue weighted by molar-refractivity contribution is -0.146. The van der Waals surface area contributed by atoms with Crippen molar-refractivity contribution in [3.05, 3.63) is 40.9 Å². The Balaban J connectivity index is 1.66. The third kappa shape index (κ3) is 3.06. The fraction of sp³-hybridized carbons (Fsp3) is 0.400. The first-order valence-corrected chi connectivity index (χ1v) is 7.42. The molecule has 0 spiro atoms. The Labute approximate surface area is 133 Å². The van der Waals surface area contributed by atoms with E-state index in [4.69, 9.17) is 21.1 Å². The van der Waals surface area contributed by atoms with E-state index in [0.29, 0.717) is 24.6 Å². The molecule has 1 unspecified atom stereocenters. The number of aromatic nitrogens is 3. The SMILES string of the molecule is COC(=O)C1CCn2c(COc3ccc(Cl)cc3)nnc2C1. The maximum Gasteiger partial charge on any atom is 0.309 e. The molecule has 2 heterocycles. The number of hydrogen-bond acceptors (Lipinski definition) is 5. The molecular formula is C15H16ClN3O3. The molecule has 2 aromatic rings. The molecule has 0 amide bonds. The van der Waals surface area contributed by atoms with Gasteiger partial charge in [-0.1, -0.05) is 11.6 Å². The van der Waals surface area contributed by atoms with Crippen LogP contribution >= 0.6 is 11.6 Å². The Morgan fingerprint density at radius 1 is 1.36 bits per heavy atom. The number of benzene rings is 1. The lowest BCUT2D eigenvalue weighted by Crippen LogP contribution is -2.27. The van der Waals surface area contributed by atoms with Gasteiger partial charge in [0.25, 0.3) is 0 Å². The molecule has 1 aliphatic heterocycles. The molecule has 0 aliphatic carbocycles. The van der Waals surface area contributed by atoms with Crippen molar-refractivity contribution in [1.29, 1.82) is 0 Å². The number of esters is 1. The second-order valence-electron chi connectivity index (χ2n) is 5.14. The number of carbonyl (C=O) groups excluding carboxylic acids is 1. The van der Waals surface area contributed by atoms with Crippen molar-refractivity contribution in [1.82, 2.24) is 14.8 Å². The summed E-state index contributed by atoms with van der Waals surface area (Å²) in [6, 6.07) is 7.17. The predicted octanol–water partition coefficient (Wildman–Crippen LogP) is 2.25. The van der Waals surface area contributed by atoms with E-state index in [2.05, 4.69) is 10.2 Å². The summed E-state index contributed by atoms with van der Waals surface area (Å²) in [4.78, 5) is 11.6. The van der Waals surface area contributed by atoms with Crippen molar-refractivity contribution in [2.45, 2.75) is 26.0 Å². The van der Waals surface area contributed by atoms with Crippen LogP contribution in [0.2, 0.25) is 5.02 Å². The van der Waals surface area contributed by atoms with E-state index in [9.17, 15) is 4.79 Å². The molecule has 0 N–H and O–H groups in total. The van der Waals surface area contributed by atoms with Gasteiger partial charge in [-0.15, -0.1) is 10.2 Å². The van der Waals surface area contributed by atoms with Crippen LogP contribution in [0.25, 0.3) is 0 Å². The maximum absolute atomic E-state index is 11.6. The van der Waals surface area contributed by atoms with Gasteiger partial charge in [0, 0.05) is 18.0 Å². The number of carbonyl (C=O) groups is 1. The van der Waals surface area contributed by atoms with Gasteiger partial charge in [0.1, 0.15) is 18.2 Å². The fourth-order valence-electron chi connectivity index (χ4n) is 2.54. The van der Waals surface area contributed by atoms with Gasteiger partial charge >= 0.3 is 5.97 Å². The highest BCUT2D eigenvalue weighted by Gasteiger charge is 2.28. The van der Waals surface area contributed by atoms with E-state index in [1.165, 1.54) is 7.11 Å². The fourth-order valence-corrected chi connectivity index (χ4v) is 2.67. The van der Waals surface area contributed by atoms with Crippen LogP contribution in [0, 0.1) is 5.92 Å². The van der Waals surface area contributed by atoms with E-state index >= 15 is 0 Å². The van der Waals surface area contributed by atoms with E-state index in [-0.39, 0.29) is 11.9 Å². The molecule has 0 bridgehead atoms. The molecule has 1 aliphatic rings. The normalized spacial score (nSPS) is 16.9. The third-order valence-corrected chi connectivity index (χ3v) is 4.00. The van der Waals surface area contributed by atoms with Gasteiger partial charge in [-0.25, -0.2) is 0 Å². The standard InChI is InChI=1S/C15H16ClN3O3/c1-21-15(20)10-6-7-19-13(8-10)17-18-14(19)9-22-12-4-2-11(16)3-5-12/h2-5,10H,6-9H2,1H3. The van der Waals surface area contributed by atoms with E-state index in [1.807, 2.05) is 16.7 Å². The van der Waals surface area contributed by atoms with Gasteiger partial charge in [-0.3, -0.25) is 4.79 Å². The van der Waals surface area contributed by atoms with Crippen molar-refractivity contribution in [2.24, 2.45) is 5.92 Å². The molecule has 0 saturated heterocycles. The van der Waals surface area contributed by atoms with Crippen LogP contribution in [0.5, 0.6) is 5.75 Å². The van der Waals surface area contributed by atoms with Crippen LogP contribution in [-0.2, 0) is 29.1 Å². The summed E-state index contributed by atoms with van der Waals surface area (Å²) in [5, 5.41) is 8.98. The van der Waals surface area contributed by atoms with Gasteiger partial charge in [-0.2, -0.15) is 0 Å². The van der Waals surface area contributed by atoms with Crippen LogP contribution < -0.4 is 4.74 Å². The van der Waals surface area contributed by atoms with Crippen LogP contribution in [-0.4, -0.2) is 27.8 Å².